The van der Waals surface area contributed by atoms with Gasteiger partial charge in [-0.3, -0.25) is 19.2 Å². The Balaban J connectivity index is 1.36. The molecule has 1 aromatic heterocycles. The lowest BCUT2D eigenvalue weighted by Crippen LogP contribution is -2.42. The zero-order valence-electron chi connectivity index (χ0n) is 16.4. The Hall–Kier alpha value is -1.89. The van der Waals surface area contributed by atoms with Crippen LogP contribution in [0.1, 0.15) is 57.3 Å². The zero-order valence-corrected chi connectivity index (χ0v) is 16.4. The minimum atomic E-state index is -0.550. The number of hydrogen-bond donors (Lipinski definition) is 1. The fraction of sp³-hybridized carbons (Fsp3) is 0.750. The van der Waals surface area contributed by atoms with Gasteiger partial charge in [0.1, 0.15) is 5.60 Å². The maximum atomic E-state index is 12.8. The summed E-state index contributed by atoms with van der Waals surface area (Å²) in [6.07, 6.45) is 3.87. The molecule has 1 saturated heterocycles. The summed E-state index contributed by atoms with van der Waals surface area (Å²) in [6.45, 7) is 8.79. The molecule has 0 unspecified atom stereocenters. The van der Waals surface area contributed by atoms with E-state index in [0.717, 1.165) is 57.6 Å². The highest BCUT2D eigenvalue weighted by Crippen LogP contribution is 2.45. The maximum Gasteiger partial charge on any atom is 0.307 e. The smallest absolute Gasteiger partial charge is 0.307 e. The van der Waals surface area contributed by atoms with Crippen molar-refractivity contribution in [2.24, 2.45) is 11.8 Å². The normalized spacial score (nSPS) is 24.4. The molecule has 3 aliphatic rings. The molecule has 1 aromatic rings. The van der Waals surface area contributed by atoms with Crippen LogP contribution >= 0.6 is 0 Å². The third-order valence-electron chi connectivity index (χ3n) is 6.08. The predicted octanol–water partition coefficient (Wildman–Crippen LogP) is 1.85. The molecule has 0 bridgehead atoms. The van der Waals surface area contributed by atoms with Crippen LogP contribution in [0.4, 0.5) is 0 Å². The molecule has 1 amide bonds. The lowest BCUT2D eigenvalue weighted by Gasteiger charge is -2.28. The second-order valence-corrected chi connectivity index (χ2v) is 8.70. The first kappa shape index (κ1) is 18.5. The van der Waals surface area contributed by atoms with Crippen molar-refractivity contribution >= 4 is 11.9 Å². The van der Waals surface area contributed by atoms with Crippen molar-refractivity contribution < 1.29 is 14.3 Å². The van der Waals surface area contributed by atoms with E-state index in [0.29, 0.717) is 12.5 Å². The van der Waals surface area contributed by atoms with Crippen molar-refractivity contribution in [2.45, 2.75) is 71.2 Å². The standard InChI is InChI=1S/C20H30N4O3/c1-14(2)12-23-7-8-24-16(13-23)9-15(22-24)11-21-19(26)17-10-18(25)27-20(17)5-3-4-6-20/h9,14,17H,3-8,10-13H2,1-2H3,(H,21,26)/t17-/m1/s1. The van der Waals surface area contributed by atoms with E-state index < -0.39 is 5.60 Å². The SMILES string of the molecule is CC(C)CN1CCn2nc(CNC(=O)[C@H]3CC(=O)OC34CCCC4)cc2C1. The van der Waals surface area contributed by atoms with Gasteiger partial charge in [0, 0.05) is 19.6 Å². The molecular formula is C20H30N4O3. The minimum Gasteiger partial charge on any atom is -0.458 e. The number of fused-ring (bicyclic) bond motifs is 1. The lowest BCUT2D eigenvalue weighted by atomic mass is 9.85. The van der Waals surface area contributed by atoms with Gasteiger partial charge in [0.25, 0.3) is 0 Å². The van der Waals surface area contributed by atoms with Gasteiger partial charge in [0.15, 0.2) is 0 Å². The Bertz CT molecular complexity index is 721. The van der Waals surface area contributed by atoms with Gasteiger partial charge in [-0.25, -0.2) is 0 Å². The van der Waals surface area contributed by atoms with Gasteiger partial charge in [-0.2, -0.15) is 5.10 Å². The first-order valence-corrected chi connectivity index (χ1v) is 10.2. The first-order chi connectivity index (χ1) is 12.9. The monoisotopic (exact) mass is 374 g/mol. The number of nitrogens with one attached hydrogen (secondary N) is 1. The van der Waals surface area contributed by atoms with Crippen LogP contribution in [0.15, 0.2) is 6.07 Å². The summed E-state index contributed by atoms with van der Waals surface area (Å²) >= 11 is 0. The van der Waals surface area contributed by atoms with Crippen molar-refractivity contribution in [3.8, 4) is 0 Å². The Morgan fingerprint density at radius 3 is 2.89 bits per heavy atom. The summed E-state index contributed by atoms with van der Waals surface area (Å²) in [5, 5.41) is 7.65. The minimum absolute atomic E-state index is 0.0739. The predicted molar refractivity (Wildman–Crippen MR) is 99.6 cm³/mol. The van der Waals surface area contributed by atoms with Crippen LogP contribution in [0, 0.1) is 11.8 Å². The molecule has 1 atom stereocenters. The molecular weight excluding hydrogens is 344 g/mol. The number of rotatable bonds is 5. The van der Waals surface area contributed by atoms with Crippen LogP contribution in [0.25, 0.3) is 0 Å². The number of carbonyl (C=O) groups is 2. The first-order valence-electron chi connectivity index (χ1n) is 10.2. The van der Waals surface area contributed by atoms with E-state index >= 15 is 0 Å². The summed E-state index contributed by atoms with van der Waals surface area (Å²) in [7, 11) is 0. The highest BCUT2D eigenvalue weighted by Gasteiger charge is 2.53. The summed E-state index contributed by atoms with van der Waals surface area (Å²) in [5.41, 5.74) is 1.54. The van der Waals surface area contributed by atoms with E-state index in [1.165, 1.54) is 5.69 Å². The highest BCUT2D eigenvalue weighted by molar-refractivity contribution is 5.87. The third kappa shape index (κ3) is 3.74. The molecule has 3 heterocycles. The summed E-state index contributed by atoms with van der Waals surface area (Å²) in [6, 6.07) is 2.09. The molecule has 2 aliphatic heterocycles. The van der Waals surface area contributed by atoms with E-state index in [2.05, 4.69) is 39.9 Å². The quantitative estimate of drug-likeness (QED) is 0.796. The van der Waals surface area contributed by atoms with Gasteiger partial charge in [-0.1, -0.05) is 13.8 Å². The molecule has 2 fully saturated rings. The molecule has 0 aromatic carbocycles. The van der Waals surface area contributed by atoms with Gasteiger partial charge in [-0.15, -0.1) is 0 Å². The number of hydrogen-bond acceptors (Lipinski definition) is 5. The van der Waals surface area contributed by atoms with Gasteiger partial charge in [0.2, 0.25) is 5.91 Å². The number of carbonyl (C=O) groups excluding carboxylic acids is 2. The second-order valence-electron chi connectivity index (χ2n) is 8.70. The Morgan fingerprint density at radius 1 is 1.37 bits per heavy atom. The Morgan fingerprint density at radius 2 is 2.15 bits per heavy atom. The molecule has 148 valence electrons. The van der Waals surface area contributed by atoms with E-state index in [9.17, 15) is 9.59 Å². The van der Waals surface area contributed by atoms with Crippen molar-refractivity contribution in [3.05, 3.63) is 17.5 Å². The van der Waals surface area contributed by atoms with Gasteiger partial charge in [0.05, 0.1) is 36.8 Å². The molecule has 7 nitrogen and oxygen atoms in total. The molecule has 0 radical (unpaired) electrons. The van der Waals surface area contributed by atoms with Gasteiger partial charge >= 0.3 is 5.97 Å². The average molecular weight is 374 g/mol. The Labute approximate surface area is 160 Å². The van der Waals surface area contributed by atoms with Crippen LogP contribution in [-0.4, -0.2) is 45.2 Å². The van der Waals surface area contributed by atoms with Crippen molar-refractivity contribution in [3.63, 3.8) is 0 Å². The fourth-order valence-electron chi connectivity index (χ4n) is 4.89. The number of nitrogens with zero attached hydrogens (tertiary/aromatic N) is 3. The van der Waals surface area contributed by atoms with E-state index in [4.69, 9.17) is 4.74 Å². The number of amides is 1. The molecule has 1 aliphatic carbocycles. The molecule has 1 spiro atoms. The summed E-state index contributed by atoms with van der Waals surface area (Å²) < 4.78 is 7.63. The van der Waals surface area contributed by atoms with Crippen molar-refractivity contribution in [1.82, 2.24) is 20.0 Å². The van der Waals surface area contributed by atoms with E-state index in [-0.39, 0.29) is 24.2 Å². The van der Waals surface area contributed by atoms with E-state index in [1.807, 2.05) is 0 Å². The highest BCUT2D eigenvalue weighted by atomic mass is 16.6. The Kier molecular flexibility index (Phi) is 4.97. The lowest BCUT2D eigenvalue weighted by molar-refractivity contribution is -0.150. The third-order valence-corrected chi connectivity index (χ3v) is 6.08. The molecule has 27 heavy (non-hydrogen) atoms. The van der Waals surface area contributed by atoms with Crippen molar-refractivity contribution in [2.75, 3.05) is 13.1 Å². The topological polar surface area (TPSA) is 76.5 Å². The fourth-order valence-corrected chi connectivity index (χ4v) is 4.89. The van der Waals surface area contributed by atoms with Crippen LogP contribution < -0.4 is 5.32 Å². The second kappa shape index (κ2) is 7.26. The van der Waals surface area contributed by atoms with Crippen LogP contribution in [0.5, 0.6) is 0 Å². The number of esters is 1. The number of ether oxygens (including phenoxy) is 1. The molecule has 1 saturated carbocycles. The number of aromatic nitrogens is 2. The van der Waals surface area contributed by atoms with Crippen LogP contribution in [-0.2, 0) is 34.0 Å². The van der Waals surface area contributed by atoms with E-state index in [1.54, 1.807) is 0 Å². The van der Waals surface area contributed by atoms with Crippen LogP contribution in [0.2, 0.25) is 0 Å². The summed E-state index contributed by atoms with van der Waals surface area (Å²) in [5.74, 6) is -0.0151. The van der Waals surface area contributed by atoms with Gasteiger partial charge < -0.3 is 10.1 Å². The molecule has 7 heteroatoms. The molecule has 4 rings (SSSR count). The van der Waals surface area contributed by atoms with Crippen LogP contribution in [0.3, 0.4) is 0 Å². The largest absolute Gasteiger partial charge is 0.458 e. The van der Waals surface area contributed by atoms with Crippen molar-refractivity contribution in [1.29, 1.82) is 0 Å². The summed E-state index contributed by atoms with van der Waals surface area (Å²) in [4.78, 5) is 27.0. The average Bonchev–Trinajstić information content (AvgIpc) is 3.31. The van der Waals surface area contributed by atoms with Gasteiger partial charge in [-0.05, 0) is 37.7 Å². The maximum absolute atomic E-state index is 12.8. The zero-order chi connectivity index (χ0) is 19.0. The molecule has 1 N–H and O–H groups in total.